The van der Waals surface area contributed by atoms with Gasteiger partial charge in [-0.25, -0.2) is 10.8 Å². The molecule has 1 aromatic heterocycles. The summed E-state index contributed by atoms with van der Waals surface area (Å²) < 4.78 is 0. The van der Waals surface area contributed by atoms with Crippen molar-refractivity contribution in [1.82, 2.24) is 5.43 Å². The zero-order valence-electron chi connectivity index (χ0n) is 11.4. The summed E-state index contributed by atoms with van der Waals surface area (Å²) in [6.45, 7) is 0. The van der Waals surface area contributed by atoms with Crippen molar-refractivity contribution in [2.45, 2.75) is 32.1 Å². The molecule has 3 N–H and O–H groups in total. The minimum Gasteiger partial charge on any atom is -0.307 e. The number of nitrogens with zero attached hydrogens (tertiary/aromatic N) is 1. The summed E-state index contributed by atoms with van der Waals surface area (Å²) in [6, 6.07) is 12.2. The molecule has 2 aromatic rings. The van der Waals surface area contributed by atoms with Gasteiger partial charge in [-0.3, -0.25) is 0 Å². The van der Waals surface area contributed by atoms with Crippen LogP contribution in [-0.2, 0) is 12.8 Å². The summed E-state index contributed by atoms with van der Waals surface area (Å²) in [5.74, 6) is 6.43. The topological polar surface area (TPSA) is 50.4 Å². The van der Waals surface area contributed by atoms with Gasteiger partial charge in [0.25, 0.3) is 0 Å². The number of hydrogen-bond acceptors (Lipinski definition) is 3. The Kier molecular flexibility index (Phi) is 4.14. The van der Waals surface area contributed by atoms with Crippen molar-refractivity contribution in [3.63, 3.8) is 0 Å². The summed E-state index contributed by atoms with van der Waals surface area (Å²) in [4.78, 5) is 7.25. The Hall–Kier alpha value is -1.65. The van der Waals surface area contributed by atoms with Gasteiger partial charge in [-0.2, -0.15) is 0 Å². The van der Waals surface area contributed by atoms with E-state index in [-0.39, 0.29) is 0 Å². The number of aliphatic imine (C=N–C) groups is 1. The van der Waals surface area contributed by atoms with Gasteiger partial charge in [-0.05, 0) is 49.4 Å². The number of benzene rings is 1. The Balaban J connectivity index is 1.92. The van der Waals surface area contributed by atoms with Crippen LogP contribution in [0.5, 0.6) is 0 Å². The first kappa shape index (κ1) is 13.3. The number of fused-ring (bicyclic) bond motifs is 1. The predicted octanol–water partition coefficient (Wildman–Crippen LogP) is 3.56. The standard InChI is InChI=1S/C16H19N3S/c17-19-16(18-13-8-4-2-5-9-13)15-11-12-7-3-1-6-10-14(12)20-15/h2,4-5,8-9,11H,1,3,6-7,10,17H2,(H,18,19). The molecule has 4 heteroatoms. The number of nitrogens with one attached hydrogen (secondary N) is 1. The van der Waals surface area contributed by atoms with E-state index in [0.29, 0.717) is 0 Å². The fraction of sp³-hybridized carbons (Fsp3) is 0.312. The van der Waals surface area contributed by atoms with E-state index in [4.69, 9.17) is 5.84 Å². The lowest BCUT2D eigenvalue weighted by Gasteiger charge is -2.03. The molecular formula is C16H19N3S. The molecule has 3 nitrogen and oxygen atoms in total. The molecule has 20 heavy (non-hydrogen) atoms. The first-order valence-corrected chi connectivity index (χ1v) is 7.91. The molecule has 0 saturated carbocycles. The second kappa shape index (κ2) is 6.20. The van der Waals surface area contributed by atoms with Crippen molar-refractivity contribution in [1.29, 1.82) is 0 Å². The summed E-state index contributed by atoms with van der Waals surface area (Å²) in [5.41, 5.74) is 5.16. The molecule has 1 aliphatic rings. The monoisotopic (exact) mass is 285 g/mol. The van der Waals surface area contributed by atoms with Crippen molar-refractivity contribution in [2.24, 2.45) is 10.8 Å². The normalized spacial score (nSPS) is 15.6. The van der Waals surface area contributed by atoms with Crippen LogP contribution in [0.3, 0.4) is 0 Å². The van der Waals surface area contributed by atoms with E-state index in [1.165, 1.54) is 42.5 Å². The maximum Gasteiger partial charge on any atom is 0.158 e. The molecule has 1 heterocycles. The lowest BCUT2D eigenvalue weighted by molar-refractivity contribution is 0.712. The average molecular weight is 285 g/mol. The third kappa shape index (κ3) is 2.92. The smallest absolute Gasteiger partial charge is 0.158 e. The fourth-order valence-electron chi connectivity index (χ4n) is 2.57. The van der Waals surface area contributed by atoms with Crippen molar-refractivity contribution in [3.05, 3.63) is 51.7 Å². The lowest BCUT2D eigenvalue weighted by Crippen LogP contribution is -2.30. The summed E-state index contributed by atoms with van der Waals surface area (Å²) >= 11 is 1.83. The van der Waals surface area contributed by atoms with Crippen LogP contribution in [0.4, 0.5) is 5.69 Å². The van der Waals surface area contributed by atoms with E-state index in [9.17, 15) is 0 Å². The van der Waals surface area contributed by atoms with Crippen LogP contribution in [0, 0.1) is 0 Å². The van der Waals surface area contributed by atoms with Gasteiger partial charge in [-0.1, -0.05) is 24.6 Å². The van der Waals surface area contributed by atoms with Gasteiger partial charge in [0.15, 0.2) is 5.84 Å². The SMILES string of the molecule is NNC(=Nc1ccccc1)c1cc2c(s1)CCCCC2. The van der Waals surface area contributed by atoms with Crippen LogP contribution in [0.25, 0.3) is 0 Å². The molecule has 3 rings (SSSR count). The predicted molar refractivity (Wildman–Crippen MR) is 85.5 cm³/mol. The Bertz CT molecular complexity index is 578. The molecule has 1 aromatic carbocycles. The third-order valence-electron chi connectivity index (χ3n) is 3.61. The van der Waals surface area contributed by atoms with Gasteiger partial charge in [0, 0.05) is 4.88 Å². The highest BCUT2D eigenvalue weighted by Crippen LogP contribution is 2.29. The molecule has 104 valence electrons. The number of hydrogen-bond donors (Lipinski definition) is 2. The maximum absolute atomic E-state index is 5.67. The number of rotatable bonds is 2. The number of para-hydroxylation sites is 1. The molecular weight excluding hydrogens is 266 g/mol. The van der Waals surface area contributed by atoms with E-state index in [2.05, 4.69) is 16.5 Å². The molecule has 1 aliphatic carbocycles. The second-order valence-corrected chi connectivity index (χ2v) is 6.20. The number of hydrazine groups is 1. The number of nitrogens with two attached hydrogens (primary N) is 1. The highest BCUT2D eigenvalue weighted by molar-refractivity contribution is 7.14. The van der Waals surface area contributed by atoms with E-state index in [1.54, 1.807) is 0 Å². The van der Waals surface area contributed by atoms with Crippen molar-refractivity contribution >= 4 is 22.9 Å². The Morgan fingerprint density at radius 1 is 1.10 bits per heavy atom. The fourth-order valence-corrected chi connectivity index (χ4v) is 3.78. The first-order valence-electron chi connectivity index (χ1n) is 7.09. The molecule has 0 fully saturated rings. The second-order valence-electron chi connectivity index (χ2n) is 5.06. The molecule has 0 radical (unpaired) electrons. The summed E-state index contributed by atoms with van der Waals surface area (Å²) in [6.07, 6.45) is 6.33. The van der Waals surface area contributed by atoms with Crippen LogP contribution in [0.15, 0.2) is 41.4 Å². The van der Waals surface area contributed by atoms with Crippen LogP contribution >= 0.6 is 11.3 Å². The molecule has 0 atom stereocenters. The molecule has 0 bridgehead atoms. The quantitative estimate of drug-likeness (QED) is 0.291. The van der Waals surface area contributed by atoms with Gasteiger partial charge in [-0.15, -0.1) is 11.3 Å². The van der Waals surface area contributed by atoms with Crippen LogP contribution in [-0.4, -0.2) is 5.84 Å². The average Bonchev–Trinajstić information content (AvgIpc) is 2.76. The molecule has 0 unspecified atom stereocenters. The lowest BCUT2D eigenvalue weighted by atomic mass is 10.1. The van der Waals surface area contributed by atoms with Crippen molar-refractivity contribution in [3.8, 4) is 0 Å². The molecule has 0 amide bonds. The molecule has 0 spiro atoms. The van der Waals surface area contributed by atoms with E-state index in [1.807, 2.05) is 41.7 Å². The zero-order valence-corrected chi connectivity index (χ0v) is 12.2. The summed E-state index contributed by atoms with van der Waals surface area (Å²) in [7, 11) is 0. The van der Waals surface area contributed by atoms with Crippen LogP contribution < -0.4 is 11.3 Å². The molecule has 0 aliphatic heterocycles. The maximum atomic E-state index is 5.67. The largest absolute Gasteiger partial charge is 0.307 e. The number of amidine groups is 1. The Morgan fingerprint density at radius 2 is 1.90 bits per heavy atom. The summed E-state index contributed by atoms with van der Waals surface area (Å²) in [5, 5.41) is 0. The first-order chi connectivity index (χ1) is 9.86. The van der Waals surface area contributed by atoms with Gasteiger partial charge in [0.05, 0.1) is 10.6 Å². The van der Waals surface area contributed by atoms with Gasteiger partial charge >= 0.3 is 0 Å². The van der Waals surface area contributed by atoms with E-state index < -0.39 is 0 Å². The highest BCUT2D eigenvalue weighted by atomic mass is 32.1. The minimum absolute atomic E-state index is 0.759. The Morgan fingerprint density at radius 3 is 2.70 bits per heavy atom. The number of aryl methyl sites for hydroxylation is 2. The van der Waals surface area contributed by atoms with Gasteiger partial charge in [0.2, 0.25) is 0 Å². The number of thiophene rings is 1. The molecule has 0 saturated heterocycles. The third-order valence-corrected chi connectivity index (χ3v) is 4.86. The van der Waals surface area contributed by atoms with E-state index >= 15 is 0 Å². The Labute approximate surface area is 123 Å². The minimum atomic E-state index is 0.759. The van der Waals surface area contributed by atoms with Crippen LogP contribution in [0.2, 0.25) is 0 Å². The van der Waals surface area contributed by atoms with E-state index in [0.717, 1.165) is 16.4 Å². The van der Waals surface area contributed by atoms with Crippen molar-refractivity contribution in [2.75, 3.05) is 0 Å². The zero-order chi connectivity index (χ0) is 13.8. The van der Waals surface area contributed by atoms with Gasteiger partial charge < -0.3 is 5.43 Å². The van der Waals surface area contributed by atoms with Gasteiger partial charge in [0.1, 0.15) is 0 Å². The van der Waals surface area contributed by atoms with Crippen molar-refractivity contribution < 1.29 is 0 Å². The van der Waals surface area contributed by atoms with Crippen LogP contribution in [0.1, 0.15) is 34.6 Å². The highest BCUT2D eigenvalue weighted by Gasteiger charge is 2.14.